The first-order valence-electron chi connectivity index (χ1n) is 11.6. The van der Waals surface area contributed by atoms with Crippen LogP contribution in [-0.4, -0.2) is 53.0 Å². The Morgan fingerprint density at radius 1 is 1.14 bits per heavy atom. The number of nitrogens with zero attached hydrogens (tertiary/aromatic N) is 3. The number of hydrogen-bond donors (Lipinski definition) is 4. The highest BCUT2D eigenvalue weighted by atomic mass is 35.5. The van der Waals surface area contributed by atoms with E-state index in [1.165, 1.54) is 25.4 Å². The van der Waals surface area contributed by atoms with E-state index in [1.807, 2.05) is 29.2 Å². The highest BCUT2D eigenvalue weighted by Gasteiger charge is 2.52. The van der Waals surface area contributed by atoms with Crippen LogP contribution in [0.1, 0.15) is 51.6 Å². The molecule has 0 bridgehead atoms. The predicted octanol–water partition coefficient (Wildman–Crippen LogP) is 3.29. The Kier molecular flexibility index (Phi) is 7.04. The lowest BCUT2D eigenvalue weighted by molar-refractivity contribution is -0.122. The smallest absolute Gasteiger partial charge is 0.339 e. The third-order valence-corrected chi connectivity index (χ3v) is 6.72. The molecule has 0 unspecified atom stereocenters. The summed E-state index contributed by atoms with van der Waals surface area (Å²) in [5.74, 6) is -1.38. The molecule has 11 heteroatoms. The van der Waals surface area contributed by atoms with Crippen molar-refractivity contribution in [2.75, 3.05) is 36.1 Å². The highest BCUT2D eigenvalue weighted by Crippen LogP contribution is 2.42. The van der Waals surface area contributed by atoms with Gasteiger partial charge in [-0.05, 0) is 35.2 Å². The van der Waals surface area contributed by atoms with Crippen molar-refractivity contribution in [1.29, 1.82) is 0 Å². The molecule has 37 heavy (non-hydrogen) atoms. The molecule has 1 saturated heterocycles. The van der Waals surface area contributed by atoms with Gasteiger partial charge in [-0.25, -0.2) is 14.8 Å². The van der Waals surface area contributed by atoms with Crippen LogP contribution in [0.5, 0.6) is 0 Å². The Bertz CT molecular complexity index is 1390. The second-order valence-electron chi connectivity index (χ2n) is 9.17. The number of benzene rings is 1. The largest absolute Gasteiger partial charge is 0.478 e. The molecule has 2 amide bonds. The lowest BCUT2D eigenvalue weighted by Crippen LogP contribution is -2.66. The van der Waals surface area contributed by atoms with E-state index in [4.69, 9.17) is 17.3 Å². The van der Waals surface area contributed by atoms with Crippen LogP contribution in [0.15, 0.2) is 48.7 Å². The van der Waals surface area contributed by atoms with E-state index in [-0.39, 0.29) is 52.7 Å². The zero-order chi connectivity index (χ0) is 26.9. The number of aromatic nitrogens is 2. The molecule has 0 radical (unpaired) electrons. The molecule has 3 heterocycles. The van der Waals surface area contributed by atoms with Crippen molar-refractivity contribution in [2.24, 2.45) is 0 Å². The van der Waals surface area contributed by atoms with E-state index in [0.717, 1.165) is 11.1 Å². The Balaban J connectivity index is 1.73. The normalized spacial score (nSPS) is 14.1. The average molecular weight is 523 g/mol. The number of carbonyl (C=O) groups is 3. The van der Waals surface area contributed by atoms with Gasteiger partial charge in [0.2, 0.25) is 5.91 Å². The van der Waals surface area contributed by atoms with Crippen LogP contribution in [0.4, 0.5) is 17.3 Å². The van der Waals surface area contributed by atoms with E-state index >= 15 is 0 Å². The molecule has 3 aromatic rings. The zero-order valence-corrected chi connectivity index (χ0v) is 21.3. The van der Waals surface area contributed by atoms with Crippen LogP contribution in [-0.2, 0) is 10.2 Å². The lowest BCUT2D eigenvalue weighted by atomic mass is 9.69. The molecule has 0 saturated carbocycles. The number of halogens is 1. The van der Waals surface area contributed by atoms with Gasteiger partial charge in [0, 0.05) is 20.1 Å². The van der Waals surface area contributed by atoms with E-state index < -0.39 is 17.3 Å². The van der Waals surface area contributed by atoms with Crippen LogP contribution in [0.3, 0.4) is 0 Å². The third kappa shape index (κ3) is 4.79. The molecule has 0 spiro atoms. The topological polar surface area (TPSA) is 151 Å². The predicted molar refractivity (Wildman–Crippen MR) is 141 cm³/mol. The van der Waals surface area contributed by atoms with Crippen molar-refractivity contribution >= 4 is 46.7 Å². The summed E-state index contributed by atoms with van der Waals surface area (Å²) in [5, 5.41) is 14.8. The van der Waals surface area contributed by atoms with Crippen molar-refractivity contribution < 1.29 is 19.5 Å². The number of carbonyl (C=O) groups excluding carboxylic acids is 2. The molecule has 0 aliphatic carbocycles. The summed E-state index contributed by atoms with van der Waals surface area (Å²) in [5.41, 5.74) is 7.10. The van der Waals surface area contributed by atoms with Gasteiger partial charge in [0.1, 0.15) is 27.8 Å². The zero-order valence-electron chi connectivity index (χ0n) is 20.6. The Labute approximate surface area is 218 Å². The van der Waals surface area contributed by atoms with Gasteiger partial charge >= 0.3 is 5.97 Å². The number of carboxylic acids is 1. The number of amides is 2. The standard InChI is InChI=1S/C26H27ClN6O4/c1-14(2)15-6-4-5-7-18(15)26(12-33(13-26)21-9-8-16(24(35)36)22(28)32-21)25(37)31-19-11-30-20(27)10-17(19)23(34)29-3/h4-11,14H,12-13H2,1-3H3,(H2,28,32)(H,29,34)(H,31,37)(H,35,36). The molecule has 10 nitrogen and oxygen atoms in total. The number of nitrogen functional groups attached to an aromatic ring is 1. The highest BCUT2D eigenvalue weighted by molar-refractivity contribution is 6.30. The summed E-state index contributed by atoms with van der Waals surface area (Å²) >= 11 is 6.00. The SMILES string of the molecule is CNC(=O)c1cc(Cl)ncc1NC(=O)C1(c2ccccc2C(C)C)CN(c2ccc(C(=O)O)c(N)n2)C1. The molecule has 1 aliphatic rings. The quantitative estimate of drug-likeness (QED) is 0.345. The molecule has 1 aromatic carbocycles. The molecule has 192 valence electrons. The molecular formula is C26H27ClN6O4. The van der Waals surface area contributed by atoms with Crippen LogP contribution in [0, 0.1) is 0 Å². The molecule has 0 atom stereocenters. The van der Waals surface area contributed by atoms with Crippen molar-refractivity contribution in [3.63, 3.8) is 0 Å². The lowest BCUT2D eigenvalue weighted by Gasteiger charge is -2.50. The summed E-state index contributed by atoms with van der Waals surface area (Å²) in [6.45, 7) is 4.64. The Morgan fingerprint density at radius 3 is 2.46 bits per heavy atom. The van der Waals surface area contributed by atoms with Gasteiger partial charge in [-0.1, -0.05) is 49.7 Å². The first-order valence-corrected chi connectivity index (χ1v) is 12.0. The number of nitrogens with one attached hydrogen (secondary N) is 2. The molecular weight excluding hydrogens is 496 g/mol. The summed E-state index contributed by atoms with van der Waals surface area (Å²) in [7, 11) is 1.49. The number of nitrogens with two attached hydrogens (primary N) is 1. The fourth-order valence-corrected chi connectivity index (χ4v) is 4.71. The Morgan fingerprint density at radius 2 is 1.84 bits per heavy atom. The monoisotopic (exact) mass is 522 g/mol. The van der Waals surface area contributed by atoms with Crippen molar-refractivity contribution in [3.05, 3.63) is 76.1 Å². The summed E-state index contributed by atoms with van der Waals surface area (Å²) in [4.78, 5) is 47.9. The fraction of sp³-hybridized carbons (Fsp3) is 0.269. The van der Waals surface area contributed by atoms with Gasteiger partial charge < -0.3 is 26.4 Å². The minimum Gasteiger partial charge on any atom is -0.478 e. The summed E-state index contributed by atoms with van der Waals surface area (Å²) in [6.07, 6.45) is 1.36. The third-order valence-electron chi connectivity index (χ3n) is 6.51. The molecule has 5 N–H and O–H groups in total. The van der Waals surface area contributed by atoms with Gasteiger partial charge in [0.25, 0.3) is 5.91 Å². The van der Waals surface area contributed by atoms with Crippen molar-refractivity contribution in [3.8, 4) is 0 Å². The second-order valence-corrected chi connectivity index (χ2v) is 9.56. The maximum Gasteiger partial charge on any atom is 0.339 e. The summed E-state index contributed by atoms with van der Waals surface area (Å²) < 4.78 is 0. The second kappa shape index (κ2) is 10.1. The summed E-state index contributed by atoms with van der Waals surface area (Å²) in [6, 6.07) is 12.1. The molecule has 1 aliphatic heterocycles. The van der Waals surface area contributed by atoms with Gasteiger partial charge in [0.05, 0.1) is 17.4 Å². The van der Waals surface area contributed by atoms with Gasteiger partial charge in [-0.2, -0.15) is 0 Å². The van der Waals surface area contributed by atoms with E-state index in [0.29, 0.717) is 5.82 Å². The van der Waals surface area contributed by atoms with Gasteiger partial charge in [-0.3, -0.25) is 9.59 Å². The first-order chi connectivity index (χ1) is 17.6. The first kappa shape index (κ1) is 25.9. The van der Waals surface area contributed by atoms with E-state index in [2.05, 4.69) is 34.4 Å². The van der Waals surface area contributed by atoms with Crippen LogP contribution in [0.2, 0.25) is 5.15 Å². The fourth-order valence-electron chi connectivity index (χ4n) is 4.55. The van der Waals surface area contributed by atoms with Crippen LogP contribution >= 0.6 is 11.6 Å². The minimum atomic E-state index is -1.16. The number of pyridine rings is 2. The van der Waals surface area contributed by atoms with Crippen LogP contribution < -0.4 is 21.3 Å². The Hall–Kier alpha value is -4.18. The number of rotatable bonds is 7. The maximum atomic E-state index is 14.0. The molecule has 2 aromatic heterocycles. The van der Waals surface area contributed by atoms with Crippen LogP contribution in [0.25, 0.3) is 0 Å². The van der Waals surface area contributed by atoms with Crippen molar-refractivity contribution in [2.45, 2.75) is 25.2 Å². The van der Waals surface area contributed by atoms with E-state index in [1.54, 1.807) is 6.07 Å². The minimum absolute atomic E-state index is 0.0876. The van der Waals surface area contributed by atoms with Gasteiger partial charge in [0.15, 0.2) is 0 Å². The number of carboxylic acid groups (broad SMARTS) is 1. The molecule has 1 fully saturated rings. The average Bonchev–Trinajstić information content (AvgIpc) is 2.84. The van der Waals surface area contributed by atoms with E-state index in [9.17, 15) is 19.5 Å². The number of hydrogen-bond acceptors (Lipinski definition) is 7. The maximum absolute atomic E-state index is 14.0. The number of anilines is 3. The molecule has 4 rings (SSSR count). The van der Waals surface area contributed by atoms with Gasteiger partial charge in [-0.15, -0.1) is 0 Å². The number of aromatic carboxylic acids is 1. The van der Waals surface area contributed by atoms with Crippen molar-refractivity contribution in [1.82, 2.24) is 15.3 Å².